The van der Waals surface area contributed by atoms with E-state index in [1.165, 1.54) is 5.56 Å². The van der Waals surface area contributed by atoms with Gasteiger partial charge in [0.2, 0.25) is 0 Å². The van der Waals surface area contributed by atoms with Crippen molar-refractivity contribution in [3.8, 4) is 5.75 Å². The average Bonchev–Trinajstić information content (AvgIpc) is 2.85. The molecule has 3 nitrogen and oxygen atoms in total. The summed E-state index contributed by atoms with van der Waals surface area (Å²) in [6.45, 7) is 4.08. The fourth-order valence-corrected chi connectivity index (χ4v) is 2.28. The number of aromatic hydroxyl groups is 1. The number of phenolic OH excluding ortho intramolecular Hbond substituents is 1. The van der Waals surface area contributed by atoms with Crippen molar-refractivity contribution in [2.45, 2.75) is 13.8 Å². The van der Waals surface area contributed by atoms with Crippen LogP contribution in [0.25, 0.3) is 11.8 Å². The Morgan fingerprint density at radius 3 is 2.41 bits per heavy atom. The molecule has 1 heterocycles. The van der Waals surface area contributed by atoms with Gasteiger partial charge in [-0.15, -0.1) is 0 Å². The first-order chi connectivity index (χ1) is 10.5. The summed E-state index contributed by atoms with van der Waals surface area (Å²) < 4.78 is 5.36. The van der Waals surface area contributed by atoms with E-state index in [0.717, 1.165) is 16.7 Å². The maximum Gasteiger partial charge on any atom is 0.343 e. The summed E-state index contributed by atoms with van der Waals surface area (Å²) in [5.41, 5.74) is 4.59. The number of phenols is 1. The zero-order valence-corrected chi connectivity index (χ0v) is 12.5. The molecule has 22 heavy (non-hydrogen) atoms. The van der Waals surface area contributed by atoms with Gasteiger partial charge in [-0.2, -0.15) is 0 Å². The van der Waals surface area contributed by atoms with Crippen LogP contribution in [0.1, 0.15) is 22.3 Å². The molecule has 2 aromatic rings. The molecule has 0 aromatic heterocycles. The molecule has 3 heteroatoms. The van der Waals surface area contributed by atoms with Gasteiger partial charge in [0, 0.05) is 5.56 Å². The van der Waals surface area contributed by atoms with Gasteiger partial charge in [-0.3, -0.25) is 0 Å². The second kappa shape index (κ2) is 5.53. The highest BCUT2D eigenvalue weighted by atomic mass is 16.5. The van der Waals surface area contributed by atoms with Crippen LogP contribution in [0.5, 0.6) is 5.75 Å². The standard InChI is InChI=1S/C19H16O3/c1-12-3-6-15(9-13(12)2)18-11-16(19(21)22-18)10-14-4-7-17(20)8-5-14/h3-11,20H,1-2H3/b16-10+. The normalized spacial score (nSPS) is 15.8. The summed E-state index contributed by atoms with van der Waals surface area (Å²) in [5.74, 6) is 0.405. The SMILES string of the molecule is Cc1ccc(C2=C/C(=C\c3ccc(O)cc3)C(=O)O2)cc1C. The topological polar surface area (TPSA) is 46.5 Å². The molecule has 0 bridgehead atoms. The van der Waals surface area contributed by atoms with Crippen molar-refractivity contribution < 1.29 is 14.6 Å². The Labute approximate surface area is 129 Å². The molecule has 110 valence electrons. The fourth-order valence-electron chi connectivity index (χ4n) is 2.28. The molecule has 3 rings (SSSR count). The van der Waals surface area contributed by atoms with Crippen LogP contribution >= 0.6 is 0 Å². The van der Waals surface area contributed by atoms with E-state index < -0.39 is 0 Å². The van der Waals surface area contributed by atoms with E-state index in [1.54, 1.807) is 36.4 Å². The Bertz CT molecular complexity index is 796. The molecule has 0 radical (unpaired) electrons. The number of esters is 1. The van der Waals surface area contributed by atoms with Crippen molar-refractivity contribution in [2.24, 2.45) is 0 Å². The summed E-state index contributed by atoms with van der Waals surface area (Å²) in [4.78, 5) is 12.0. The Kier molecular flexibility index (Phi) is 3.55. The lowest BCUT2D eigenvalue weighted by Gasteiger charge is -2.05. The third kappa shape index (κ3) is 2.79. The van der Waals surface area contributed by atoms with Gasteiger partial charge in [-0.25, -0.2) is 4.79 Å². The molecule has 0 amide bonds. The van der Waals surface area contributed by atoms with Crippen LogP contribution in [0.3, 0.4) is 0 Å². The number of hydrogen-bond donors (Lipinski definition) is 1. The van der Waals surface area contributed by atoms with Crippen LogP contribution in [0.4, 0.5) is 0 Å². The molecule has 1 aliphatic rings. The maximum absolute atomic E-state index is 12.0. The van der Waals surface area contributed by atoms with E-state index in [-0.39, 0.29) is 11.7 Å². The Morgan fingerprint density at radius 2 is 1.73 bits per heavy atom. The van der Waals surface area contributed by atoms with Crippen molar-refractivity contribution >= 4 is 17.8 Å². The Balaban J connectivity index is 1.94. The van der Waals surface area contributed by atoms with Gasteiger partial charge in [0.15, 0.2) is 0 Å². The van der Waals surface area contributed by atoms with Crippen molar-refractivity contribution in [3.05, 3.63) is 76.4 Å². The quantitative estimate of drug-likeness (QED) is 0.672. The van der Waals surface area contributed by atoms with Gasteiger partial charge >= 0.3 is 5.97 Å². The summed E-state index contributed by atoms with van der Waals surface area (Å²) >= 11 is 0. The van der Waals surface area contributed by atoms with Gasteiger partial charge in [0.05, 0.1) is 5.57 Å². The number of rotatable bonds is 2. The number of aryl methyl sites for hydroxylation is 2. The first kappa shape index (κ1) is 14.1. The molecular formula is C19H16O3. The molecule has 0 atom stereocenters. The maximum atomic E-state index is 12.0. The molecular weight excluding hydrogens is 276 g/mol. The largest absolute Gasteiger partial charge is 0.508 e. The van der Waals surface area contributed by atoms with Crippen LogP contribution < -0.4 is 0 Å². The van der Waals surface area contributed by atoms with Gasteiger partial charge in [0.25, 0.3) is 0 Å². The Morgan fingerprint density at radius 1 is 1.00 bits per heavy atom. The summed E-state index contributed by atoms with van der Waals surface area (Å²) in [6, 6.07) is 12.6. The molecule has 2 aromatic carbocycles. The lowest BCUT2D eigenvalue weighted by atomic mass is 10.0. The third-order valence-electron chi connectivity index (χ3n) is 3.73. The minimum atomic E-state index is -0.360. The Hall–Kier alpha value is -2.81. The van der Waals surface area contributed by atoms with Gasteiger partial charge in [-0.1, -0.05) is 24.3 Å². The number of cyclic esters (lactones) is 1. The van der Waals surface area contributed by atoms with Crippen molar-refractivity contribution in [3.63, 3.8) is 0 Å². The van der Waals surface area contributed by atoms with Crippen LogP contribution in [0.15, 0.2) is 54.1 Å². The van der Waals surface area contributed by atoms with E-state index >= 15 is 0 Å². The summed E-state index contributed by atoms with van der Waals surface area (Å²) in [6.07, 6.45) is 3.50. The van der Waals surface area contributed by atoms with Crippen molar-refractivity contribution in [1.29, 1.82) is 0 Å². The smallest absolute Gasteiger partial charge is 0.343 e. The first-order valence-corrected chi connectivity index (χ1v) is 7.05. The number of carbonyl (C=O) groups is 1. The molecule has 0 aliphatic carbocycles. The molecule has 0 saturated carbocycles. The monoisotopic (exact) mass is 292 g/mol. The van der Waals surface area contributed by atoms with E-state index in [0.29, 0.717) is 11.3 Å². The molecule has 0 spiro atoms. The number of benzene rings is 2. The van der Waals surface area contributed by atoms with Crippen molar-refractivity contribution in [2.75, 3.05) is 0 Å². The average molecular weight is 292 g/mol. The lowest BCUT2D eigenvalue weighted by Crippen LogP contribution is -1.97. The highest BCUT2D eigenvalue weighted by molar-refractivity contribution is 6.05. The highest BCUT2D eigenvalue weighted by Gasteiger charge is 2.22. The third-order valence-corrected chi connectivity index (χ3v) is 3.73. The van der Waals surface area contributed by atoms with E-state index in [1.807, 2.05) is 32.0 Å². The molecule has 0 saturated heterocycles. The van der Waals surface area contributed by atoms with E-state index in [9.17, 15) is 9.90 Å². The predicted molar refractivity (Wildman–Crippen MR) is 86.1 cm³/mol. The second-order valence-corrected chi connectivity index (χ2v) is 5.39. The summed E-state index contributed by atoms with van der Waals surface area (Å²) in [7, 11) is 0. The van der Waals surface area contributed by atoms with Gasteiger partial charge in [0.1, 0.15) is 11.5 Å². The highest BCUT2D eigenvalue weighted by Crippen LogP contribution is 2.28. The van der Waals surface area contributed by atoms with Gasteiger partial charge in [-0.05, 0) is 60.9 Å². The van der Waals surface area contributed by atoms with E-state index in [4.69, 9.17) is 4.74 Å². The molecule has 1 aliphatic heterocycles. The zero-order valence-electron chi connectivity index (χ0n) is 12.5. The van der Waals surface area contributed by atoms with Crippen LogP contribution in [-0.4, -0.2) is 11.1 Å². The minimum absolute atomic E-state index is 0.197. The summed E-state index contributed by atoms with van der Waals surface area (Å²) in [5, 5.41) is 9.28. The molecule has 1 N–H and O–H groups in total. The zero-order chi connectivity index (χ0) is 15.7. The fraction of sp³-hybridized carbons (Fsp3) is 0.105. The minimum Gasteiger partial charge on any atom is -0.508 e. The molecule has 0 unspecified atom stereocenters. The second-order valence-electron chi connectivity index (χ2n) is 5.39. The number of ether oxygens (including phenoxy) is 1. The van der Waals surface area contributed by atoms with Gasteiger partial charge < -0.3 is 9.84 Å². The van der Waals surface area contributed by atoms with Crippen LogP contribution in [-0.2, 0) is 9.53 Å². The predicted octanol–water partition coefficient (Wildman–Crippen LogP) is 3.99. The van der Waals surface area contributed by atoms with Crippen molar-refractivity contribution in [1.82, 2.24) is 0 Å². The van der Waals surface area contributed by atoms with E-state index in [2.05, 4.69) is 0 Å². The van der Waals surface area contributed by atoms with Crippen LogP contribution in [0, 0.1) is 13.8 Å². The lowest BCUT2D eigenvalue weighted by molar-refractivity contribution is -0.130. The van der Waals surface area contributed by atoms with Crippen LogP contribution in [0.2, 0.25) is 0 Å². The number of hydrogen-bond acceptors (Lipinski definition) is 3. The molecule has 0 fully saturated rings. The first-order valence-electron chi connectivity index (χ1n) is 7.05. The number of carbonyl (C=O) groups excluding carboxylic acids is 1.